The molecule has 0 bridgehead atoms. The van der Waals surface area contributed by atoms with Gasteiger partial charge < -0.3 is 9.47 Å². The van der Waals surface area contributed by atoms with E-state index in [2.05, 4.69) is 6.92 Å². The standard InChI is InChI=1S/C17H19Cl3O4/c1-10-2-4-12(5-3-10)23-15(21)6-7-16(22)24-17-13(19)8-11(18)9-14(17)20/h8-10,12H,2-7H2,1H3. The molecule has 1 aromatic rings. The molecule has 1 aliphatic rings. The summed E-state index contributed by atoms with van der Waals surface area (Å²) in [5.74, 6) is -0.263. The van der Waals surface area contributed by atoms with E-state index in [-0.39, 0.29) is 40.7 Å². The van der Waals surface area contributed by atoms with E-state index in [1.54, 1.807) is 0 Å². The van der Waals surface area contributed by atoms with Crippen molar-refractivity contribution in [3.8, 4) is 5.75 Å². The predicted octanol–water partition coefficient (Wildman–Crippen LogP) is 5.45. The molecule has 24 heavy (non-hydrogen) atoms. The minimum atomic E-state index is -0.602. The maximum Gasteiger partial charge on any atom is 0.311 e. The molecule has 0 aliphatic heterocycles. The molecule has 7 heteroatoms. The average molecular weight is 394 g/mol. The van der Waals surface area contributed by atoms with Gasteiger partial charge in [-0.2, -0.15) is 0 Å². The van der Waals surface area contributed by atoms with Gasteiger partial charge in [-0.25, -0.2) is 0 Å². The van der Waals surface area contributed by atoms with Crippen LogP contribution in [0.1, 0.15) is 45.4 Å². The van der Waals surface area contributed by atoms with Crippen LogP contribution in [0.5, 0.6) is 5.75 Å². The molecule has 1 fully saturated rings. The second kappa shape index (κ2) is 8.93. The van der Waals surface area contributed by atoms with Gasteiger partial charge in [0, 0.05) is 5.02 Å². The quantitative estimate of drug-likeness (QED) is 0.493. The van der Waals surface area contributed by atoms with Crippen molar-refractivity contribution in [1.82, 2.24) is 0 Å². The smallest absolute Gasteiger partial charge is 0.311 e. The third-order valence-electron chi connectivity index (χ3n) is 3.97. The minimum Gasteiger partial charge on any atom is -0.462 e. The fourth-order valence-electron chi connectivity index (χ4n) is 2.59. The maximum atomic E-state index is 11.9. The predicted molar refractivity (Wildman–Crippen MR) is 93.9 cm³/mol. The summed E-state index contributed by atoms with van der Waals surface area (Å²) in [5.41, 5.74) is 0. The van der Waals surface area contributed by atoms with Crippen LogP contribution in [0.3, 0.4) is 0 Å². The Kier molecular flexibility index (Phi) is 7.20. The van der Waals surface area contributed by atoms with Crippen molar-refractivity contribution >= 4 is 46.7 Å². The van der Waals surface area contributed by atoms with Gasteiger partial charge >= 0.3 is 11.9 Å². The number of halogens is 3. The molecule has 0 radical (unpaired) electrons. The summed E-state index contributed by atoms with van der Waals surface area (Å²) in [5, 5.41) is 0.620. The van der Waals surface area contributed by atoms with Gasteiger partial charge in [-0.1, -0.05) is 41.7 Å². The Morgan fingerprint density at radius 1 is 1.00 bits per heavy atom. The first-order chi connectivity index (χ1) is 11.3. The van der Waals surface area contributed by atoms with Gasteiger partial charge in [0.2, 0.25) is 0 Å². The average Bonchev–Trinajstić information content (AvgIpc) is 2.51. The van der Waals surface area contributed by atoms with Crippen LogP contribution in [0, 0.1) is 5.92 Å². The Bertz CT molecular complexity index is 587. The zero-order chi connectivity index (χ0) is 17.7. The lowest BCUT2D eigenvalue weighted by Crippen LogP contribution is -2.24. The zero-order valence-corrected chi connectivity index (χ0v) is 15.6. The molecule has 1 saturated carbocycles. The molecule has 0 saturated heterocycles. The molecule has 1 aromatic carbocycles. The van der Waals surface area contributed by atoms with Crippen molar-refractivity contribution in [2.24, 2.45) is 5.92 Å². The van der Waals surface area contributed by atoms with Gasteiger partial charge in [-0.05, 0) is 43.7 Å². The van der Waals surface area contributed by atoms with Gasteiger partial charge in [-0.3, -0.25) is 9.59 Å². The van der Waals surface area contributed by atoms with Crippen molar-refractivity contribution < 1.29 is 19.1 Å². The van der Waals surface area contributed by atoms with E-state index >= 15 is 0 Å². The molecule has 2 rings (SSSR count). The third-order valence-corrected chi connectivity index (χ3v) is 4.75. The first kappa shape index (κ1) is 19.4. The molecular formula is C17H19Cl3O4. The van der Waals surface area contributed by atoms with Gasteiger partial charge in [-0.15, -0.1) is 0 Å². The number of benzene rings is 1. The molecule has 0 unspecified atom stereocenters. The topological polar surface area (TPSA) is 52.6 Å². The molecule has 0 amide bonds. The maximum absolute atomic E-state index is 11.9. The van der Waals surface area contributed by atoms with E-state index in [0.717, 1.165) is 25.7 Å². The molecule has 0 N–H and O–H groups in total. The second-order valence-corrected chi connectivity index (χ2v) is 7.30. The highest BCUT2D eigenvalue weighted by Gasteiger charge is 2.22. The van der Waals surface area contributed by atoms with Crippen LogP contribution in [-0.2, 0) is 14.3 Å². The van der Waals surface area contributed by atoms with E-state index in [0.29, 0.717) is 10.9 Å². The van der Waals surface area contributed by atoms with Crippen molar-refractivity contribution in [2.75, 3.05) is 0 Å². The summed E-state index contributed by atoms with van der Waals surface area (Å²) in [4.78, 5) is 23.7. The molecule has 0 heterocycles. The van der Waals surface area contributed by atoms with Gasteiger partial charge in [0.25, 0.3) is 0 Å². The molecule has 1 aliphatic carbocycles. The highest BCUT2D eigenvalue weighted by atomic mass is 35.5. The lowest BCUT2D eigenvalue weighted by atomic mass is 9.89. The van der Waals surface area contributed by atoms with Gasteiger partial charge in [0.05, 0.1) is 22.9 Å². The molecule has 0 aromatic heterocycles. The van der Waals surface area contributed by atoms with E-state index in [4.69, 9.17) is 44.3 Å². The molecule has 0 atom stereocenters. The summed E-state index contributed by atoms with van der Waals surface area (Å²) in [7, 11) is 0. The van der Waals surface area contributed by atoms with E-state index in [1.165, 1.54) is 12.1 Å². The van der Waals surface area contributed by atoms with Crippen molar-refractivity contribution in [3.05, 3.63) is 27.2 Å². The summed E-state index contributed by atoms with van der Waals surface area (Å²) < 4.78 is 10.5. The number of esters is 2. The highest BCUT2D eigenvalue weighted by molar-refractivity contribution is 6.40. The molecule has 4 nitrogen and oxygen atoms in total. The second-order valence-electron chi connectivity index (χ2n) is 6.04. The lowest BCUT2D eigenvalue weighted by Gasteiger charge is -2.25. The monoisotopic (exact) mass is 392 g/mol. The fraction of sp³-hybridized carbons (Fsp3) is 0.529. The Morgan fingerprint density at radius 2 is 1.54 bits per heavy atom. The Hall–Kier alpha value is -0.970. The Labute approximate surface area is 156 Å². The molecule has 0 spiro atoms. The Balaban J connectivity index is 1.78. The Morgan fingerprint density at radius 3 is 2.12 bits per heavy atom. The van der Waals surface area contributed by atoms with E-state index < -0.39 is 5.97 Å². The molecular weight excluding hydrogens is 375 g/mol. The third kappa shape index (κ3) is 5.83. The summed E-state index contributed by atoms with van der Waals surface area (Å²) in [6.07, 6.45) is 3.72. The van der Waals surface area contributed by atoms with Crippen molar-refractivity contribution in [1.29, 1.82) is 0 Å². The van der Waals surface area contributed by atoms with E-state index in [1.807, 2.05) is 0 Å². The largest absolute Gasteiger partial charge is 0.462 e. The van der Waals surface area contributed by atoms with Crippen LogP contribution in [0.15, 0.2) is 12.1 Å². The normalized spacial score (nSPS) is 20.5. The van der Waals surface area contributed by atoms with Gasteiger partial charge in [0.1, 0.15) is 6.10 Å². The number of carbonyl (C=O) groups excluding carboxylic acids is 2. The summed E-state index contributed by atoms with van der Waals surface area (Å²) in [6, 6.07) is 2.85. The highest BCUT2D eigenvalue weighted by Crippen LogP contribution is 2.36. The summed E-state index contributed by atoms with van der Waals surface area (Å²) in [6.45, 7) is 2.20. The number of rotatable bonds is 5. The van der Waals surface area contributed by atoms with Gasteiger partial charge in [0.15, 0.2) is 5.75 Å². The number of carbonyl (C=O) groups is 2. The van der Waals surface area contributed by atoms with Crippen LogP contribution < -0.4 is 4.74 Å². The zero-order valence-electron chi connectivity index (χ0n) is 13.3. The van der Waals surface area contributed by atoms with Crippen molar-refractivity contribution in [2.45, 2.75) is 51.6 Å². The number of ether oxygens (including phenoxy) is 2. The number of hydrogen-bond donors (Lipinski definition) is 0. The van der Waals surface area contributed by atoms with Crippen LogP contribution in [0.25, 0.3) is 0 Å². The summed E-state index contributed by atoms with van der Waals surface area (Å²) >= 11 is 17.7. The van der Waals surface area contributed by atoms with Crippen LogP contribution >= 0.6 is 34.8 Å². The fourth-order valence-corrected chi connectivity index (χ4v) is 3.48. The molecule has 132 valence electrons. The number of hydrogen-bond acceptors (Lipinski definition) is 4. The van der Waals surface area contributed by atoms with Crippen LogP contribution in [0.2, 0.25) is 15.1 Å². The van der Waals surface area contributed by atoms with Crippen LogP contribution in [0.4, 0.5) is 0 Å². The SMILES string of the molecule is CC1CCC(OC(=O)CCC(=O)Oc2c(Cl)cc(Cl)cc2Cl)CC1. The minimum absolute atomic E-state index is 0.0340. The van der Waals surface area contributed by atoms with Crippen LogP contribution in [-0.4, -0.2) is 18.0 Å². The first-order valence-electron chi connectivity index (χ1n) is 7.90. The first-order valence-corrected chi connectivity index (χ1v) is 9.03. The van der Waals surface area contributed by atoms with E-state index in [9.17, 15) is 9.59 Å². The lowest BCUT2D eigenvalue weighted by molar-refractivity contribution is -0.153. The van der Waals surface area contributed by atoms with Crippen molar-refractivity contribution in [3.63, 3.8) is 0 Å².